The lowest BCUT2D eigenvalue weighted by Gasteiger charge is -2.00. The number of thioether (sulfide) groups is 1. The number of ether oxygens (including phenoxy) is 1. The van der Waals surface area contributed by atoms with E-state index in [4.69, 9.17) is 4.74 Å². The molecule has 6 heteroatoms. The molecule has 0 aliphatic rings. The summed E-state index contributed by atoms with van der Waals surface area (Å²) in [5.74, 6) is 0. The molecule has 4 nitrogen and oxygen atoms in total. The van der Waals surface area contributed by atoms with Crippen molar-refractivity contribution < 1.29 is 4.74 Å². The first-order chi connectivity index (χ1) is 5.29. The molecule has 0 bridgehead atoms. The van der Waals surface area contributed by atoms with Crippen molar-refractivity contribution in [3.63, 3.8) is 0 Å². The molecule has 0 saturated carbocycles. The van der Waals surface area contributed by atoms with Crippen LogP contribution < -0.4 is 0 Å². The van der Waals surface area contributed by atoms with Gasteiger partial charge in [-0.1, -0.05) is 5.21 Å². The van der Waals surface area contributed by atoms with Gasteiger partial charge in [-0.2, -0.15) is 0 Å². The number of methoxy groups -OCH3 is 1. The number of nitrogens with zero attached hydrogens (tertiary/aromatic N) is 3. The van der Waals surface area contributed by atoms with E-state index < -0.39 is 0 Å². The van der Waals surface area contributed by atoms with Crippen molar-refractivity contribution in [1.29, 1.82) is 0 Å². The highest BCUT2D eigenvalue weighted by atomic mass is 79.9. The molecule has 1 aromatic heterocycles. The fraction of sp³-hybridized carbons (Fsp3) is 0.600. The van der Waals surface area contributed by atoms with Gasteiger partial charge in [0.2, 0.25) is 0 Å². The second-order valence-electron chi connectivity index (χ2n) is 1.81. The summed E-state index contributed by atoms with van der Waals surface area (Å²) in [5.41, 5.74) is 0. The lowest BCUT2D eigenvalue weighted by molar-refractivity contribution is 0.112. The third-order valence-electron chi connectivity index (χ3n) is 1.10. The summed E-state index contributed by atoms with van der Waals surface area (Å²) in [6.07, 6.45) is 1.97. The molecule has 0 atom stereocenters. The van der Waals surface area contributed by atoms with Crippen LogP contribution in [0.2, 0.25) is 0 Å². The Morgan fingerprint density at radius 1 is 1.73 bits per heavy atom. The van der Waals surface area contributed by atoms with Crippen molar-refractivity contribution in [3.8, 4) is 0 Å². The van der Waals surface area contributed by atoms with E-state index in [2.05, 4.69) is 26.2 Å². The summed E-state index contributed by atoms with van der Waals surface area (Å²) in [6.45, 7) is 0.439. The van der Waals surface area contributed by atoms with Crippen molar-refractivity contribution in [2.24, 2.45) is 0 Å². The molecule has 62 valence electrons. The maximum absolute atomic E-state index is 4.91. The Labute approximate surface area is 77.4 Å². The lowest BCUT2D eigenvalue weighted by Crippen LogP contribution is -2.02. The molecule has 1 aromatic rings. The molecule has 0 amide bonds. The molecule has 0 radical (unpaired) electrons. The Balaban J connectivity index is 2.86. The van der Waals surface area contributed by atoms with Crippen LogP contribution in [-0.2, 0) is 11.5 Å². The van der Waals surface area contributed by atoms with Crippen LogP contribution in [0.5, 0.6) is 0 Å². The highest BCUT2D eigenvalue weighted by Gasteiger charge is 2.07. The number of aromatic nitrogens is 3. The smallest absolute Gasteiger partial charge is 0.162 e. The summed E-state index contributed by atoms with van der Waals surface area (Å²) in [5, 5.41) is 8.66. The highest BCUT2D eigenvalue weighted by Crippen LogP contribution is 2.22. The van der Waals surface area contributed by atoms with E-state index >= 15 is 0 Å². The summed E-state index contributed by atoms with van der Waals surface area (Å²) in [6, 6.07) is 0. The van der Waals surface area contributed by atoms with Gasteiger partial charge in [0.05, 0.1) is 0 Å². The van der Waals surface area contributed by atoms with Gasteiger partial charge in [0.25, 0.3) is 0 Å². The van der Waals surface area contributed by atoms with Crippen LogP contribution in [0.15, 0.2) is 9.63 Å². The molecule has 0 saturated heterocycles. The van der Waals surface area contributed by atoms with Crippen LogP contribution in [0.1, 0.15) is 0 Å². The van der Waals surface area contributed by atoms with Crippen LogP contribution in [0, 0.1) is 0 Å². The Morgan fingerprint density at radius 2 is 2.45 bits per heavy atom. The molecule has 0 aliphatic carbocycles. The third kappa shape index (κ3) is 1.94. The monoisotopic (exact) mass is 237 g/mol. The molecule has 0 aromatic carbocycles. The van der Waals surface area contributed by atoms with E-state index in [9.17, 15) is 0 Å². The summed E-state index contributed by atoms with van der Waals surface area (Å²) < 4.78 is 7.37. The standard InChI is InChI=1S/C5H8BrN3OS/c1-10-3-9-5(11-2)4(6)7-8-9/h3H2,1-2H3. The summed E-state index contributed by atoms with van der Waals surface area (Å²) in [4.78, 5) is 0. The van der Waals surface area contributed by atoms with Gasteiger partial charge in [0.1, 0.15) is 11.8 Å². The van der Waals surface area contributed by atoms with Crippen LogP contribution in [-0.4, -0.2) is 28.4 Å². The average molecular weight is 238 g/mol. The van der Waals surface area contributed by atoms with Crippen LogP contribution >= 0.6 is 27.7 Å². The van der Waals surface area contributed by atoms with Gasteiger partial charge < -0.3 is 4.74 Å². The first-order valence-electron chi connectivity index (χ1n) is 2.91. The predicted octanol–water partition coefficient (Wildman–Crippen LogP) is 1.37. The maximum atomic E-state index is 4.91. The van der Waals surface area contributed by atoms with Crippen molar-refractivity contribution in [2.45, 2.75) is 11.8 Å². The van der Waals surface area contributed by atoms with Gasteiger partial charge >= 0.3 is 0 Å². The minimum atomic E-state index is 0.439. The number of halogens is 1. The van der Waals surface area contributed by atoms with Gasteiger partial charge in [-0.05, 0) is 22.2 Å². The van der Waals surface area contributed by atoms with E-state index in [1.54, 1.807) is 23.6 Å². The molecule has 0 aliphatic heterocycles. The molecule has 0 fully saturated rings. The van der Waals surface area contributed by atoms with E-state index in [1.807, 2.05) is 6.26 Å². The average Bonchev–Trinajstić information content (AvgIpc) is 2.33. The summed E-state index contributed by atoms with van der Waals surface area (Å²) in [7, 11) is 1.62. The zero-order chi connectivity index (χ0) is 8.27. The quantitative estimate of drug-likeness (QED) is 0.745. The SMILES string of the molecule is COCn1nnc(Br)c1SC. The van der Waals surface area contributed by atoms with E-state index in [0.29, 0.717) is 6.73 Å². The molecular formula is C5H8BrN3OS. The first kappa shape index (κ1) is 9.02. The molecule has 0 spiro atoms. The maximum Gasteiger partial charge on any atom is 0.162 e. The van der Waals surface area contributed by atoms with Crippen molar-refractivity contribution >= 4 is 27.7 Å². The highest BCUT2D eigenvalue weighted by molar-refractivity contribution is 9.10. The van der Waals surface area contributed by atoms with Crippen LogP contribution in [0.4, 0.5) is 0 Å². The normalized spacial score (nSPS) is 10.5. The fourth-order valence-electron chi connectivity index (χ4n) is 0.679. The van der Waals surface area contributed by atoms with Crippen molar-refractivity contribution in [3.05, 3.63) is 4.60 Å². The third-order valence-corrected chi connectivity index (χ3v) is 2.68. The molecule has 1 heterocycles. The van der Waals surface area contributed by atoms with E-state index in [-0.39, 0.29) is 0 Å². The second kappa shape index (κ2) is 4.08. The molecule has 1 rings (SSSR count). The molecule has 0 unspecified atom stereocenters. The van der Waals surface area contributed by atoms with Crippen molar-refractivity contribution in [1.82, 2.24) is 15.0 Å². The fourth-order valence-corrected chi connectivity index (χ4v) is 1.95. The largest absolute Gasteiger partial charge is 0.362 e. The zero-order valence-corrected chi connectivity index (χ0v) is 8.65. The van der Waals surface area contributed by atoms with Crippen LogP contribution in [0.3, 0.4) is 0 Å². The second-order valence-corrected chi connectivity index (χ2v) is 3.35. The molecule has 0 N–H and O–H groups in total. The summed E-state index contributed by atoms with van der Waals surface area (Å²) >= 11 is 4.86. The van der Waals surface area contributed by atoms with Gasteiger partial charge in [-0.15, -0.1) is 16.9 Å². The number of hydrogen-bond donors (Lipinski definition) is 0. The predicted molar refractivity (Wildman–Crippen MR) is 46.5 cm³/mol. The zero-order valence-electron chi connectivity index (χ0n) is 6.24. The molecule has 11 heavy (non-hydrogen) atoms. The van der Waals surface area contributed by atoms with Gasteiger partial charge in [0, 0.05) is 7.11 Å². The van der Waals surface area contributed by atoms with Crippen molar-refractivity contribution in [2.75, 3.05) is 13.4 Å². The lowest BCUT2D eigenvalue weighted by atomic mass is 10.9. The Morgan fingerprint density at radius 3 is 3.00 bits per heavy atom. The Kier molecular flexibility index (Phi) is 3.35. The minimum absolute atomic E-state index is 0.439. The van der Waals surface area contributed by atoms with Gasteiger partial charge in [-0.25, -0.2) is 4.68 Å². The number of hydrogen-bond acceptors (Lipinski definition) is 4. The topological polar surface area (TPSA) is 39.9 Å². The first-order valence-corrected chi connectivity index (χ1v) is 4.93. The Hall–Kier alpha value is -0.0700. The Bertz CT molecular complexity index is 240. The van der Waals surface area contributed by atoms with E-state index in [1.165, 1.54) is 0 Å². The van der Waals surface area contributed by atoms with E-state index in [0.717, 1.165) is 9.63 Å². The van der Waals surface area contributed by atoms with Gasteiger partial charge in [-0.3, -0.25) is 0 Å². The van der Waals surface area contributed by atoms with Gasteiger partial charge in [0.15, 0.2) is 4.60 Å². The van der Waals surface area contributed by atoms with Crippen LogP contribution in [0.25, 0.3) is 0 Å². The number of rotatable bonds is 3. The molecular weight excluding hydrogens is 230 g/mol. The minimum Gasteiger partial charge on any atom is -0.362 e.